The van der Waals surface area contributed by atoms with Crippen molar-refractivity contribution in [3.05, 3.63) is 45.4 Å². The maximum Gasteiger partial charge on any atom is 0.103 e. The van der Waals surface area contributed by atoms with E-state index in [1.165, 1.54) is 4.90 Å². The molecule has 1 atom stereocenters. The molecule has 0 radical (unpaired) electrons. The Kier molecular flexibility index (Phi) is 4.45. The summed E-state index contributed by atoms with van der Waals surface area (Å²) in [6.07, 6.45) is -0.486. The molecular formula is C12H12ClNOS2. The molecular weight excluding hydrogens is 274 g/mol. The minimum absolute atomic E-state index is 0.486. The minimum Gasteiger partial charge on any atom is -0.387 e. The Hall–Kier alpha value is -0.550. The third-order valence-corrected chi connectivity index (χ3v) is 4.50. The van der Waals surface area contributed by atoms with Crippen LogP contribution in [0.3, 0.4) is 0 Å². The molecule has 0 saturated heterocycles. The zero-order chi connectivity index (χ0) is 12.3. The number of aliphatic hydroxyl groups excluding tert-OH is 1. The maximum absolute atomic E-state index is 9.38. The van der Waals surface area contributed by atoms with Crippen LogP contribution in [-0.4, -0.2) is 10.1 Å². The van der Waals surface area contributed by atoms with Crippen molar-refractivity contribution in [3.63, 3.8) is 0 Å². The molecule has 1 aromatic heterocycles. The summed E-state index contributed by atoms with van der Waals surface area (Å²) in [6.45, 7) is 1.73. The highest BCUT2D eigenvalue weighted by Gasteiger charge is 2.07. The molecule has 0 spiro atoms. The first-order valence-electron chi connectivity index (χ1n) is 5.16. The molecule has 2 nitrogen and oxygen atoms in total. The van der Waals surface area contributed by atoms with Crippen LogP contribution < -0.4 is 0 Å². The second kappa shape index (κ2) is 5.87. The summed E-state index contributed by atoms with van der Waals surface area (Å²) in [6, 6.07) is 7.76. The number of halogens is 1. The van der Waals surface area contributed by atoms with Gasteiger partial charge in [0.25, 0.3) is 0 Å². The number of thiazole rings is 1. The van der Waals surface area contributed by atoms with Crippen molar-refractivity contribution in [1.82, 2.24) is 4.98 Å². The predicted octanol–water partition coefficient (Wildman–Crippen LogP) is 4.14. The molecule has 1 N–H and O–H groups in total. The lowest BCUT2D eigenvalue weighted by molar-refractivity contribution is 0.195. The van der Waals surface area contributed by atoms with E-state index in [2.05, 4.69) is 4.98 Å². The first-order valence-corrected chi connectivity index (χ1v) is 7.40. The smallest absolute Gasteiger partial charge is 0.103 e. The van der Waals surface area contributed by atoms with E-state index in [1.54, 1.807) is 30.0 Å². The molecule has 2 rings (SSSR count). The average molecular weight is 286 g/mol. The second-order valence-electron chi connectivity index (χ2n) is 3.58. The van der Waals surface area contributed by atoms with Crippen molar-refractivity contribution >= 4 is 34.7 Å². The summed E-state index contributed by atoms with van der Waals surface area (Å²) < 4.78 is 0. The SMILES string of the molecule is CC(O)c1csc(CSc2ccc(Cl)cc2)n1. The van der Waals surface area contributed by atoms with E-state index >= 15 is 0 Å². The monoisotopic (exact) mass is 285 g/mol. The van der Waals surface area contributed by atoms with Crippen LogP contribution in [0.1, 0.15) is 23.7 Å². The Morgan fingerprint density at radius 2 is 2.12 bits per heavy atom. The molecule has 0 aliphatic carbocycles. The van der Waals surface area contributed by atoms with Crippen molar-refractivity contribution in [1.29, 1.82) is 0 Å². The minimum atomic E-state index is -0.486. The fraction of sp³-hybridized carbons (Fsp3) is 0.250. The van der Waals surface area contributed by atoms with Gasteiger partial charge in [0.1, 0.15) is 5.01 Å². The molecule has 0 aliphatic rings. The lowest BCUT2D eigenvalue weighted by Crippen LogP contribution is -1.91. The number of thioether (sulfide) groups is 1. The van der Waals surface area contributed by atoms with Crippen LogP contribution in [0.4, 0.5) is 0 Å². The summed E-state index contributed by atoms with van der Waals surface area (Å²) in [5, 5.41) is 13.1. The molecule has 0 bridgehead atoms. The summed E-state index contributed by atoms with van der Waals surface area (Å²) in [5.41, 5.74) is 0.752. The van der Waals surface area contributed by atoms with Gasteiger partial charge in [-0.1, -0.05) is 11.6 Å². The molecule has 1 aromatic carbocycles. The molecule has 5 heteroatoms. The molecule has 0 amide bonds. The number of benzene rings is 1. The van der Waals surface area contributed by atoms with Crippen molar-refractivity contribution in [2.45, 2.75) is 23.7 Å². The third kappa shape index (κ3) is 3.71. The van der Waals surface area contributed by atoms with Gasteiger partial charge in [-0.05, 0) is 31.2 Å². The van der Waals surface area contributed by atoms with E-state index in [4.69, 9.17) is 11.6 Å². The van der Waals surface area contributed by atoms with Gasteiger partial charge in [-0.25, -0.2) is 4.98 Å². The van der Waals surface area contributed by atoms with Gasteiger partial charge in [0, 0.05) is 15.3 Å². The average Bonchev–Trinajstić information content (AvgIpc) is 2.77. The van der Waals surface area contributed by atoms with Crippen molar-refractivity contribution in [2.24, 2.45) is 0 Å². The van der Waals surface area contributed by atoms with Crippen LogP contribution >= 0.6 is 34.7 Å². The van der Waals surface area contributed by atoms with Crippen LogP contribution in [0.5, 0.6) is 0 Å². The number of hydrogen-bond acceptors (Lipinski definition) is 4. The highest BCUT2D eigenvalue weighted by molar-refractivity contribution is 7.98. The number of rotatable bonds is 4. The standard InChI is InChI=1S/C12H12ClNOS2/c1-8(15)11-6-17-12(14-11)7-16-10-4-2-9(13)3-5-10/h2-6,8,15H,7H2,1H3. The summed E-state index contributed by atoms with van der Waals surface area (Å²) in [5.74, 6) is 0.818. The number of hydrogen-bond donors (Lipinski definition) is 1. The molecule has 17 heavy (non-hydrogen) atoms. The van der Waals surface area contributed by atoms with Gasteiger partial charge >= 0.3 is 0 Å². The highest BCUT2D eigenvalue weighted by Crippen LogP contribution is 2.26. The zero-order valence-corrected chi connectivity index (χ0v) is 11.6. The van der Waals surface area contributed by atoms with Crippen LogP contribution in [0.15, 0.2) is 34.5 Å². The quantitative estimate of drug-likeness (QED) is 0.857. The van der Waals surface area contributed by atoms with Crippen LogP contribution in [-0.2, 0) is 5.75 Å². The van der Waals surface area contributed by atoms with Gasteiger partial charge in [-0.2, -0.15) is 0 Å². The fourth-order valence-electron chi connectivity index (χ4n) is 1.26. The summed E-state index contributed by atoms with van der Waals surface area (Å²) >= 11 is 9.12. The summed E-state index contributed by atoms with van der Waals surface area (Å²) in [7, 11) is 0. The van der Waals surface area contributed by atoms with Crippen LogP contribution in [0.2, 0.25) is 5.02 Å². The van der Waals surface area contributed by atoms with Gasteiger partial charge in [0.2, 0.25) is 0 Å². The molecule has 0 fully saturated rings. The van der Waals surface area contributed by atoms with E-state index in [0.717, 1.165) is 21.5 Å². The maximum atomic E-state index is 9.38. The Morgan fingerprint density at radius 1 is 1.41 bits per heavy atom. The lowest BCUT2D eigenvalue weighted by atomic mass is 10.3. The predicted molar refractivity (Wildman–Crippen MR) is 73.8 cm³/mol. The molecule has 90 valence electrons. The largest absolute Gasteiger partial charge is 0.387 e. The Morgan fingerprint density at radius 3 is 2.71 bits per heavy atom. The van der Waals surface area contributed by atoms with Crippen molar-refractivity contribution in [3.8, 4) is 0 Å². The van der Waals surface area contributed by atoms with E-state index in [9.17, 15) is 5.11 Å². The number of aliphatic hydroxyl groups is 1. The van der Waals surface area contributed by atoms with Crippen molar-refractivity contribution < 1.29 is 5.11 Å². The second-order valence-corrected chi connectivity index (χ2v) is 6.01. The van der Waals surface area contributed by atoms with Gasteiger partial charge in [-0.3, -0.25) is 0 Å². The lowest BCUT2D eigenvalue weighted by Gasteiger charge is -1.99. The van der Waals surface area contributed by atoms with Gasteiger partial charge in [-0.15, -0.1) is 23.1 Å². The van der Waals surface area contributed by atoms with Gasteiger partial charge in [0.15, 0.2) is 0 Å². The molecule has 0 saturated carbocycles. The van der Waals surface area contributed by atoms with Crippen molar-refractivity contribution in [2.75, 3.05) is 0 Å². The molecule has 1 unspecified atom stereocenters. The molecule has 0 aliphatic heterocycles. The van der Waals surface area contributed by atoms with Crippen LogP contribution in [0, 0.1) is 0 Å². The van der Waals surface area contributed by atoms with Crippen LogP contribution in [0.25, 0.3) is 0 Å². The van der Waals surface area contributed by atoms with E-state index in [0.29, 0.717) is 0 Å². The Bertz CT molecular complexity index is 482. The third-order valence-electron chi connectivity index (χ3n) is 2.17. The summed E-state index contributed by atoms with van der Waals surface area (Å²) in [4.78, 5) is 5.53. The zero-order valence-electron chi connectivity index (χ0n) is 9.26. The Balaban J connectivity index is 1.95. The van der Waals surface area contributed by atoms with Gasteiger partial charge in [0.05, 0.1) is 17.6 Å². The van der Waals surface area contributed by atoms with Gasteiger partial charge < -0.3 is 5.11 Å². The molecule has 2 aromatic rings. The first kappa shape index (κ1) is 12.9. The normalized spacial score (nSPS) is 12.6. The molecule has 1 heterocycles. The van der Waals surface area contributed by atoms with E-state index in [-0.39, 0.29) is 0 Å². The number of aromatic nitrogens is 1. The Labute approximate surface area is 114 Å². The topological polar surface area (TPSA) is 33.1 Å². The highest BCUT2D eigenvalue weighted by atomic mass is 35.5. The first-order chi connectivity index (χ1) is 8.15. The number of nitrogens with zero attached hydrogens (tertiary/aromatic N) is 1. The van der Waals surface area contributed by atoms with E-state index in [1.807, 2.05) is 29.6 Å². The van der Waals surface area contributed by atoms with E-state index < -0.39 is 6.10 Å². The fourth-order valence-corrected chi connectivity index (χ4v) is 3.18.